The van der Waals surface area contributed by atoms with Gasteiger partial charge >= 0.3 is 5.97 Å². The number of ether oxygens (including phenoxy) is 1. The van der Waals surface area contributed by atoms with Crippen LogP contribution in [0.1, 0.15) is 17.1 Å². The highest BCUT2D eigenvalue weighted by Crippen LogP contribution is 2.08. The minimum absolute atomic E-state index is 0.173. The predicted molar refractivity (Wildman–Crippen MR) is 65.5 cm³/mol. The van der Waals surface area contributed by atoms with Gasteiger partial charge in [-0.3, -0.25) is 9.59 Å². The van der Waals surface area contributed by atoms with Crippen LogP contribution < -0.4 is 5.32 Å². The van der Waals surface area contributed by atoms with Crippen molar-refractivity contribution in [2.45, 2.75) is 13.3 Å². The Morgan fingerprint density at radius 3 is 2.94 bits per heavy atom. The van der Waals surface area contributed by atoms with E-state index >= 15 is 0 Å². The SMILES string of the molecule is COC(=O)CCNC(=O)/C=C/c1csc(C)n1. The van der Waals surface area contributed by atoms with E-state index in [1.54, 1.807) is 6.08 Å². The quantitative estimate of drug-likeness (QED) is 0.632. The van der Waals surface area contributed by atoms with Crippen molar-refractivity contribution in [1.29, 1.82) is 0 Å². The summed E-state index contributed by atoms with van der Waals surface area (Å²) in [6.07, 6.45) is 3.20. The number of thiazole rings is 1. The monoisotopic (exact) mass is 254 g/mol. The fourth-order valence-electron chi connectivity index (χ4n) is 1.07. The molecule has 92 valence electrons. The average Bonchev–Trinajstić information content (AvgIpc) is 2.72. The first kappa shape index (κ1) is 13.4. The molecule has 1 amide bonds. The van der Waals surface area contributed by atoms with Crippen LogP contribution in [0.4, 0.5) is 0 Å². The molecular formula is C11H14N2O3S. The number of aryl methyl sites for hydroxylation is 1. The molecule has 0 saturated carbocycles. The highest BCUT2D eigenvalue weighted by molar-refractivity contribution is 7.09. The molecular weight excluding hydrogens is 240 g/mol. The lowest BCUT2D eigenvalue weighted by atomic mass is 10.4. The van der Waals surface area contributed by atoms with Crippen molar-refractivity contribution in [3.8, 4) is 0 Å². The fraction of sp³-hybridized carbons (Fsp3) is 0.364. The van der Waals surface area contributed by atoms with Crippen molar-refractivity contribution in [2.24, 2.45) is 0 Å². The zero-order chi connectivity index (χ0) is 12.7. The first-order valence-corrected chi connectivity index (χ1v) is 5.94. The molecule has 0 saturated heterocycles. The van der Waals surface area contributed by atoms with Crippen LogP contribution in [0.3, 0.4) is 0 Å². The predicted octanol–water partition coefficient (Wildman–Crippen LogP) is 1.14. The van der Waals surface area contributed by atoms with E-state index in [0.717, 1.165) is 10.7 Å². The number of carbonyl (C=O) groups is 2. The highest BCUT2D eigenvalue weighted by atomic mass is 32.1. The zero-order valence-electron chi connectivity index (χ0n) is 9.73. The average molecular weight is 254 g/mol. The Morgan fingerprint density at radius 1 is 1.59 bits per heavy atom. The molecule has 0 radical (unpaired) electrons. The number of amides is 1. The molecule has 0 aliphatic rings. The topological polar surface area (TPSA) is 68.3 Å². The van der Waals surface area contributed by atoms with E-state index in [4.69, 9.17) is 0 Å². The summed E-state index contributed by atoms with van der Waals surface area (Å²) >= 11 is 1.53. The lowest BCUT2D eigenvalue weighted by Gasteiger charge is -2.00. The Labute approximate surface area is 104 Å². The van der Waals surface area contributed by atoms with Gasteiger partial charge in [0, 0.05) is 18.0 Å². The van der Waals surface area contributed by atoms with Crippen LogP contribution >= 0.6 is 11.3 Å². The third-order valence-electron chi connectivity index (χ3n) is 1.90. The van der Waals surface area contributed by atoms with Crippen LogP contribution in [0.2, 0.25) is 0 Å². The Balaban J connectivity index is 2.30. The van der Waals surface area contributed by atoms with Gasteiger partial charge in [-0.1, -0.05) is 0 Å². The molecule has 5 nitrogen and oxygen atoms in total. The largest absolute Gasteiger partial charge is 0.469 e. The molecule has 0 fully saturated rings. The molecule has 6 heteroatoms. The molecule has 0 atom stereocenters. The van der Waals surface area contributed by atoms with E-state index < -0.39 is 0 Å². The molecule has 0 unspecified atom stereocenters. The van der Waals surface area contributed by atoms with Crippen molar-refractivity contribution in [1.82, 2.24) is 10.3 Å². The number of nitrogens with one attached hydrogen (secondary N) is 1. The summed E-state index contributed by atoms with van der Waals surface area (Å²) in [5.74, 6) is -0.594. The Hall–Kier alpha value is -1.69. The van der Waals surface area contributed by atoms with E-state index in [-0.39, 0.29) is 24.8 Å². The summed E-state index contributed by atoms with van der Waals surface area (Å²) in [7, 11) is 1.31. The van der Waals surface area contributed by atoms with Crippen molar-refractivity contribution in [3.05, 3.63) is 22.2 Å². The van der Waals surface area contributed by atoms with Gasteiger partial charge in [-0.15, -0.1) is 11.3 Å². The summed E-state index contributed by atoms with van der Waals surface area (Å²) in [4.78, 5) is 26.3. The number of hydrogen-bond donors (Lipinski definition) is 1. The van der Waals surface area contributed by atoms with E-state index in [1.807, 2.05) is 12.3 Å². The second-order valence-corrected chi connectivity index (χ2v) is 4.30. The van der Waals surface area contributed by atoms with Gasteiger partial charge in [-0.05, 0) is 13.0 Å². The standard InChI is InChI=1S/C11H14N2O3S/c1-8-13-9(7-17-8)3-4-10(14)12-6-5-11(15)16-2/h3-4,7H,5-6H2,1-2H3,(H,12,14)/b4-3+. The van der Waals surface area contributed by atoms with Gasteiger partial charge in [0.25, 0.3) is 0 Å². The van der Waals surface area contributed by atoms with E-state index in [0.29, 0.717) is 0 Å². The first-order valence-electron chi connectivity index (χ1n) is 5.06. The van der Waals surface area contributed by atoms with Crippen LogP contribution in [0.15, 0.2) is 11.5 Å². The molecule has 17 heavy (non-hydrogen) atoms. The number of nitrogens with zero attached hydrogens (tertiary/aromatic N) is 1. The molecule has 0 bridgehead atoms. The fourth-order valence-corrected chi connectivity index (χ4v) is 1.65. The minimum atomic E-state index is -0.343. The number of methoxy groups -OCH3 is 1. The molecule has 1 aromatic heterocycles. The van der Waals surface area contributed by atoms with E-state index in [2.05, 4.69) is 15.0 Å². The normalized spacial score (nSPS) is 10.5. The smallest absolute Gasteiger partial charge is 0.307 e. The maximum atomic E-state index is 11.3. The third kappa shape index (κ3) is 5.26. The van der Waals surface area contributed by atoms with Gasteiger partial charge < -0.3 is 10.1 Å². The van der Waals surface area contributed by atoms with Crippen LogP contribution in [-0.2, 0) is 14.3 Å². The van der Waals surface area contributed by atoms with Crippen molar-refractivity contribution >= 4 is 29.3 Å². The maximum absolute atomic E-state index is 11.3. The number of carbonyl (C=O) groups excluding carboxylic acids is 2. The van der Waals surface area contributed by atoms with Gasteiger partial charge in [0.1, 0.15) is 0 Å². The first-order chi connectivity index (χ1) is 8.11. The van der Waals surface area contributed by atoms with E-state index in [9.17, 15) is 9.59 Å². The summed E-state index contributed by atoms with van der Waals surface area (Å²) in [5, 5.41) is 5.40. The van der Waals surface area contributed by atoms with Crippen LogP contribution in [0, 0.1) is 6.92 Å². The van der Waals surface area contributed by atoms with Gasteiger partial charge in [0.2, 0.25) is 5.91 Å². The third-order valence-corrected chi connectivity index (χ3v) is 2.69. The summed E-state index contributed by atoms with van der Waals surface area (Å²) in [6, 6.07) is 0. The molecule has 1 heterocycles. The number of hydrogen-bond acceptors (Lipinski definition) is 5. The number of esters is 1. The van der Waals surface area contributed by atoms with Crippen LogP contribution in [-0.4, -0.2) is 30.5 Å². The zero-order valence-corrected chi connectivity index (χ0v) is 10.5. The maximum Gasteiger partial charge on any atom is 0.307 e. The Bertz CT molecular complexity index is 426. The molecule has 1 aromatic rings. The molecule has 1 N–H and O–H groups in total. The number of rotatable bonds is 5. The summed E-state index contributed by atoms with van der Waals surface area (Å²) in [5.41, 5.74) is 0.760. The van der Waals surface area contributed by atoms with Crippen LogP contribution in [0.5, 0.6) is 0 Å². The second-order valence-electron chi connectivity index (χ2n) is 3.24. The molecule has 0 spiro atoms. The van der Waals surface area contributed by atoms with Gasteiger partial charge in [-0.2, -0.15) is 0 Å². The highest BCUT2D eigenvalue weighted by Gasteiger charge is 2.01. The lowest BCUT2D eigenvalue weighted by molar-refractivity contribution is -0.140. The summed E-state index contributed by atoms with van der Waals surface area (Å²) < 4.78 is 4.45. The van der Waals surface area contributed by atoms with Gasteiger partial charge in [0.15, 0.2) is 0 Å². The van der Waals surface area contributed by atoms with Gasteiger partial charge in [-0.25, -0.2) is 4.98 Å². The van der Waals surface area contributed by atoms with Crippen molar-refractivity contribution in [2.75, 3.05) is 13.7 Å². The van der Waals surface area contributed by atoms with Gasteiger partial charge in [0.05, 0.1) is 24.2 Å². The molecule has 0 aromatic carbocycles. The lowest BCUT2D eigenvalue weighted by Crippen LogP contribution is -2.24. The van der Waals surface area contributed by atoms with Crippen LogP contribution in [0.25, 0.3) is 6.08 Å². The Kier molecular flexibility index (Phi) is 5.35. The molecule has 0 aliphatic heterocycles. The molecule has 0 aliphatic carbocycles. The second kappa shape index (κ2) is 6.80. The number of aromatic nitrogens is 1. The minimum Gasteiger partial charge on any atom is -0.469 e. The van der Waals surface area contributed by atoms with E-state index in [1.165, 1.54) is 24.5 Å². The Morgan fingerprint density at radius 2 is 2.35 bits per heavy atom. The van der Waals surface area contributed by atoms with Crippen molar-refractivity contribution < 1.29 is 14.3 Å². The summed E-state index contributed by atoms with van der Waals surface area (Å²) in [6.45, 7) is 2.17. The molecule has 1 rings (SSSR count). The van der Waals surface area contributed by atoms with Crippen molar-refractivity contribution in [3.63, 3.8) is 0 Å².